The van der Waals surface area contributed by atoms with E-state index < -0.39 is 17.5 Å². The highest BCUT2D eigenvalue weighted by Crippen LogP contribution is 2.24. The number of pyridine rings is 1. The quantitative estimate of drug-likeness (QED) is 0.522. The molecule has 0 bridgehead atoms. The number of aromatic nitrogens is 3. The Morgan fingerprint density at radius 1 is 1.06 bits per heavy atom. The first-order chi connectivity index (χ1) is 16.5. The second kappa shape index (κ2) is 12.8. The van der Waals surface area contributed by atoms with Crippen molar-refractivity contribution in [2.24, 2.45) is 12.8 Å². The van der Waals surface area contributed by atoms with E-state index in [2.05, 4.69) is 14.7 Å². The number of nitrogens with two attached hydrogens (primary N) is 1. The van der Waals surface area contributed by atoms with Gasteiger partial charge in [0, 0.05) is 13.2 Å². The highest BCUT2D eigenvalue weighted by atomic mass is 19.1. The Bertz CT molecular complexity index is 1160. The Labute approximate surface area is 205 Å². The summed E-state index contributed by atoms with van der Waals surface area (Å²) < 4.78 is 25.2. The molecule has 0 atom stereocenters. The van der Waals surface area contributed by atoms with Crippen LogP contribution in [0.2, 0.25) is 0 Å². The van der Waals surface area contributed by atoms with Crippen molar-refractivity contribution in [3.05, 3.63) is 53.0 Å². The molecule has 2 N–H and O–H groups in total. The number of halogens is 1. The van der Waals surface area contributed by atoms with E-state index in [0.717, 1.165) is 0 Å². The topological polar surface area (TPSA) is 109 Å². The van der Waals surface area contributed by atoms with Crippen molar-refractivity contribution in [3.63, 3.8) is 0 Å². The summed E-state index contributed by atoms with van der Waals surface area (Å²) in [6.45, 7) is 5.28. The van der Waals surface area contributed by atoms with Crippen LogP contribution in [0.4, 0.5) is 9.18 Å². The van der Waals surface area contributed by atoms with Crippen molar-refractivity contribution in [2.75, 3.05) is 7.11 Å². The van der Waals surface area contributed by atoms with Gasteiger partial charge in [0.1, 0.15) is 11.4 Å². The zero-order valence-corrected chi connectivity index (χ0v) is 21.1. The summed E-state index contributed by atoms with van der Waals surface area (Å²) in [5, 5.41) is 0.976. The van der Waals surface area contributed by atoms with Crippen LogP contribution in [-0.2, 0) is 11.8 Å². The molecule has 3 aromatic rings. The summed E-state index contributed by atoms with van der Waals surface area (Å²) >= 11 is 0. The lowest BCUT2D eigenvalue weighted by atomic mass is 10.0. The van der Waals surface area contributed by atoms with Crippen LogP contribution in [0.3, 0.4) is 0 Å². The van der Waals surface area contributed by atoms with E-state index in [4.69, 9.17) is 10.5 Å². The second-order valence-corrected chi connectivity index (χ2v) is 9.25. The maximum absolute atomic E-state index is 14.2. The van der Waals surface area contributed by atoms with Crippen LogP contribution in [0, 0.1) is 5.82 Å². The van der Waals surface area contributed by atoms with Crippen LogP contribution in [0.25, 0.3) is 22.2 Å². The molecule has 1 aliphatic rings. The van der Waals surface area contributed by atoms with Crippen LogP contribution in [0.15, 0.2) is 41.6 Å². The number of nitrogens with zero attached hydrogens (tertiary/aromatic N) is 3. The number of ether oxygens (including phenoxy) is 2. The molecule has 1 aromatic carbocycles. The van der Waals surface area contributed by atoms with Crippen molar-refractivity contribution in [3.8, 4) is 17.1 Å². The highest BCUT2D eigenvalue weighted by Gasteiger charge is 2.13. The molecular formula is C26H35FN4O4. The van der Waals surface area contributed by atoms with Crippen LogP contribution in [0.5, 0.6) is 5.75 Å². The first-order valence-corrected chi connectivity index (χ1v) is 11.7. The van der Waals surface area contributed by atoms with Crippen molar-refractivity contribution < 1.29 is 18.7 Å². The number of carbonyl (C=O) groups is 1. The minimum Gasteiger partial charge on any atom is -0.494 e. The Balaban J connectivity index is 0.000000253. The molecule has 1 saturated carbocycles. The van der Waals surface area contributed by atoms with Gasteiger partial charge in [-0.1, -0.05) is 38.5 Å². The van der Waals surface area contributed by atoms with Gasteiger partial charge in [0.25, 0.3) is 5.56 Å². The molecule has 1 amide bonds. The number of benzene rings is 1. The van der Waals surface area contributed by atoms with Gasteiger partial charge in [0.15, 0.2) is 11.6 Å². The summed E-state index contributed by atoms with van der Waals surface area (Å²) in [6.07, 6.45) is 12.9. The normalized spacial score (nSPS) is 13.1. The van der Waals surface area contributed by atoms with Gasteiger partial charge in [-0.15, -0.1) is 0 Å². The number of rotatable bonds is 2. The number of primary amides is 1. The van der Waals surface area contributed by atoms with Crippen LogP contribution in [-0.4, -0.2) is 33.3 Å². The van der Waals surface area contributed by atoms with Gasteiger partial charge in [0.2, 0.25) is 0 Å². The number of hydrogen-bond acceptors (Lipinski definition) is 6. The molecule has 0 saturated heterocycles. The Morgan fingerprint density at radius 3 is 2.03 bits per heavy atom. The molecule has 2 heterocycles. The molecule has 190 valence electrons. The van der Waals surface area contributed by atoms with Gasteiger partial charge in [-0.2, -0.15) is 0 Å². The van der Waals surface area contributed by atoms with Crippen LogP contribution >= 0.6 is 0 Å². The van der Waals surface area contributed by atoms with Crippen molar-refractivity contribution in [1.29, 1.82) is 0 Å². The van der Waals surface area contributed by atoms with E-state index in [1.807, 2.05) is 0 Å². The van der Waals surface area contributed by atoms with Gasteiger partial charge in [0.05, 0.1) is 30.5 Å². The number of aryl methyl sites for hydroxylation is 1. The average Bonchev–Trinajstić information content (AvgIpc) is 2.82. The lowest BCUT2D eigenvalue weighted by Gasteiger charge is -2.16. The van der Waals surface area contributed by atoms with Crippen LogP contribution in [0.1, 0.15) is 59.3 Å². The molecule has 2 aromatic heterocycles. The average molecular weight is 487 g/mol. The summed E-state index contributed by atoms with van der Waals surface area (Å²) in [6, 6.07) is 4.55. The minimum atomic E-state index is -0.725. The van der Waals surface area contributed by atoms with Gasteiger partial charge < -0.3 is 19.8 Å². The SMILES string of the molecule is C1CCCCC1.CC(C)(C)OC(N)=O.COc1cnc(-c2cc3ccn(C)c(=O)c3cc2F)nc1. The number of amides is 1. The largest absolute Gasteiger partial charge is 0.494 e. The molecule has 0 spiro atoms. The lowest BCUT2D eigenvalue weighted by molar-refractivity contribution is 0.0600. The third kappa shape index (κ3) is 8.99. The number of hydrogen-bond donors (Lipinski definition) is 1. The summed E-state index contributed by atoms with van der Waals surface area (Å²) in [5.74, 6) is 0.209. The molecule has 35 heavy (non-hydrogen) atoms. The zero-order valence-electron chi connectivity index (χ0n) is 21.1. The molecule has 1 aliphatic carbocycles. The van der Waals surface area contributed by atoms with E-state index in [1.54, 1.807) is 46.1 Å². The molecule has 0 unspecified atom stereocenters. The molecule has 1 fully saturated rings. The van der Waals surface area contributed by atoms with Crippen LogP contribution < -0.4 is 16.0 Å². The van der Waals surface area contributed by atoms with Crippen molar-refractivity contribution in [1.82, 2.24) is 14.5 Å². The monoisotopic (exact) mass is 486 g/mol. The Kier molecular flexibility index (Phi) is 10.2. The summed E-state index contributed by atoms with van der Waals surface area (Å²) in [5.41, 5.74) is 4.27. The maximum Gasteiger partial charge on any atom is 0.405 e. The first kappa shape index (κ1) is 27.8. The minimum absolute atomic E-state index is 0.242. The number of carbonyl (C=O) groups excluding carboxylic acids is 1. The fourth-order valence-electron chi connectivity index (χ4n) is 3.46. The molecule has 0 radical (unpaired) electrons. The van der Waals surface area contributed by atoms with Crippen molar-refractivity contribution in [2.45, 2.75) is 64.9 Å². The predicted molar refractivity (Wildman–Crippen MR) is 135 cm³/mol. The zero-order chi connectivity index (χ0) is 26.0. The lowest BCUT2D eigenvalue weighted by Crippen LogP contribution is -2.27. The molecule has 0 aliphatic heterocycles. The van der Waals surface area contributed by atoms with Gasteiger partial charge in [-0.05, 0) is 44.4 Å². The van der Waals surface area contributed by atoms with E-state index in [1.165, 1.54) is 68.7 Å². The standard InChI is InChI=1S/C15H12FN3O2.C6H12.C5H11NO2/c1-19-4-3-9-5-12(13(16)6-11(9)15(19)20)14-17-7-10(21-2)8-18-14;1-2-4-6-5-3-1;1-5(2,3)8-4(6)7/h3-8H,1-2H3;1-6H2;1-3H3,(H2,6,7). The number of methoxy groups -OCH3 is 1. The van der Waals surface area contributed by atoms with Gasteiger partial charge in [-0.3, -0.25) is 4.79 Å². The first-order valence-electron chi connectivity index (χ1n) is 11.7. The molecule has 8 nitrogen and oxygen atoms in total. The third-order valence-corrected chi connectivity index (χ3v) is 5.18. The highest BCUT2D eigenvalue weighted by molar-refractivity contribution is 5.85. The number of fused-ring (bicyclic) bond motifs is 1. The molecule has 4 rings (SSSR count). The second-order valence-electron chi connectivity index (χ2n) is 9.25. The fraction of sp³-hybridized carbons (Fsp3) is 0.462. The maximum atomic E-state index is 14.2. The summed E-state index contributed by atoms with van der Waals surface area (Å²) in [4.78, 5) is 30.1. The summed E-state index contributed by atoms with van der Waals surface area (Å²) in [7, 11) is 3.13. The Hall–Kier alpha value is -3.49. The van der Waals surface area contributed by atoms with E-state index in [9.17, 15) is 14.0 Å². The fourth-order valence-corrected chi connectivity index (χ4v) is 3.46. The van der Waals surface area contributed by atoms with Crippen molar-refractivity contribution >= 4 is 16.9 Å². The van der Waals surface area contributed by atoms with Gasteiger partial charge in [-0.25, -0.2) is 19.2 Å². The smallest absolute Gasteiger partial charge is 0.405 e. The van der Waals surface area contributed by atoms with Gasteiger partial charge >= 0.3 is 6.09 Å². The van der Waals surface area contributed by atoms with E-state index >= 15 is 0 Å². The Morgan fingerprint density at radius 2 is 1.60 bits per heavy atom. The molecular weight excluding hydrogens is 451 g/mol. The van der Waals surface area contributed by atoms with E-state index in [-0.39, 0.29) is 16.9 Å². The third-order valence-electron chi connectivity index (χ3n) is 5.18. The van der Waals surface area contributed by atoms with E-state index in [0.29, 0.717) is 16.5 Å². The predicted octanol–water partition coefficient (Wildman–Crippen LogP) is 5.36. The molecule has 9 heteroatoms.